The minimum Gasteiger partial charge on any atom is -0.444 e. The van der Waals surface area contributed by atoms with Crippen molar-refractivity contribution in [1.82, 2.24) is 30.1 Å². The number of rotatable bonds is 13. The zero-order chi connectivity index (χ0) is 35.9. The van der Waals surface area contributed by atoms with Crippen LogP contribution in [0.2, 0.25) is 0 Å². The number of benzene rings is 3. The van der Waals surface area contributed by atoms with Crippen LogP contribution in [0.3, 0.4) is 0 Å². The Balaban J connectivity index is 1.23. The number of thiazole rings is 1. The van der Waals surface area contributed by atoms with Crippen LogP contribution in [0.15, 0.2) is 72.8 Å². The van der Waals surface area contributed by atoms with Gasteiger partial charge < -0.3 is 25.6 Å². The predicted octanol–water partition coefficient (Wildman–Crippen LogP) is 5.19. The maximum Gasteiger partial charge on any atom is 0.411 e. The number of anilines is 2. The second-order valence-corrected chi connectivity index (χ2v) is 13.8. The number of ether oxygens (including phenoxy) is 1. The van der Waals surface area contributed by atoms with Gasteiger partial charge in [-0.15, -0.1) is 0 Å². The smallest absolute Gasteiger partial charge is 0.411 e. The van der Waals surface area contributed by atoms with Gasteiger partial charge in [0.2, 0.25) is 11.8 Å². The molecule has 2 fully saturated rings. The minimum absolute atomic E-state index is 0.0182. The molecule has 2 atom stereocenters. The number of hydrogen-bond acceptors (Lipinski definition) is 9. The first-order chi connectivity index (χ1) is 24.7. The number of carbonyl (C=O) groups excluding carboxylic acids is 4. The monoisotopic (exact) mass is 712 g/mol. The van der Waals surface area contributed by atoms with Gasteiger partial charge in [0.25, 0.3) is 0 Å². The van der Waals surface area contributed by atoms with Crippen LogP contribution in [0.1, 0.15) is 49.8 Å². The fraction of sp³-hybridized carbons (Fsp3) is 0.378. The SMILES string of the molecule is CCCCNC(=O)N(CCC)N1CC(=O)N2[C@@H](Cc3ccc(NC(=O)OCc4ccccc4)cc3)C(=O)N(Cc3cccc4sc(N)nc34)C[C@@H]21. The van der Waals surface area contributed by atoms with Crippen LogP contribution >= 0.6 is 11.3 Å². The van der Waals surface area contributed by atoms with Gasteiger partial charge >= 0.3 is 12.1 Å². The molecule has 268 valence electrons. The van der Waals surface area contributed by atoms with Gasteiger partial charge in [0, 0.05) is 31.7 Å². The van der Waals surface area contributed by atoms with E-state index in [1.54, 1.807) is 26.9 Å². The summed E-state index contributed by atoms with van der Waals surface area (Å²) in [7, 11) is 0. The van der Waals surface area contributed by atoms with Crippen molar-refractivity contribution in [3.8, 4) is 0 Å². The minimum atomic E-state index is -0.817. The number of para-hydroxylation sites is 1. The van der Waals surface area contributed by atoms with E-state index in [0.29, 0.717) is 30.3 Å². The number of aromatic nitrogens is 1. The van der Waals surface area contributed by atoms with Crippen LogP contribution in [-0.4, -0.2) is 87.1 Å². The molecule has 2 aliphatic rings. The van der Waals surface area contributed by atoms with Crippen LogP contribution in [0, 0.1) is 0 Å². The fourth-order valence-electron chi connectivity index (χ4n) is 6.59. The molecule has 0 bridgehead atoms. The van der Waals surface area contributed by atoms with Gasteiger partial charge in [0.15, 0.2) is 5.13 Å². The number of urea groups is 1. The summed E-state index contributed by atoms with van der Waals surface area (Å²) < 4.78 is 6.28. The fourth-order valence-corrected chi connectivity index (χ4v) is 7.37. The quantitative estimate of drug-likeness (QED) is 0.160. The Morgan fingerprint density at radius 3 is 2.53 bits per heavy atom. The lowest BCUT2D eigenvalue weighted by molar-refractivity contribution is -0.157. The number of amides is 5. The number of unbranched alkanes of at least 4 members (excludes halogenated alkanes) is 1. The van der Waals surface area contributed by atoms with E-state index in [2.05, 4.69) is 22.5 Å². The Bertz CT molecular complexity index is 1850. The molecule has 0 unspecified atom stereocenters. The second-order valence-electron chi connectivity index (χ2n) is 12.7. The van der Waals surface area contributed by atoms with Crippen LogP contribution in [-0.2, 0) is 33.9 Å². The van der Waals surface area contributed by atoms with Gasteiger partial charge in [-0.1, -0.05) is 86.2 Å². The summed E-state index contributed by atoms with van der Waals surface area (Å²) in [5, 5.41) is 9.63. The highest BCUT2D eigenvalue weighted by Gasteiger charge is 2.52. The third-order valence-electron chi connectivity index (χ3n) is 9.08. The van der Waals surface area contributed by atoms with Crippen molar-refractivity contribution < 1.29 is 23.9 Å². The number of nitrogens with one attached hydrogen (secondary N) is 2. The zero-order valence-electron chi connectivity index (χ0n) is 28.9. The summed E-state index contributed by atoms with van der Waals surface area (Å²) in [6.07, 6.45) is 1.59. The van der Waals surface area contributed by atoms with E-state index in [1.807, 2.05) is 72.6 Å². The van der Waals surface area contributed by atoms with Gasteiger partial charge in [-0.3, -0.25) is 19.9 Å². The molecule has 5 amide bonds. The van der Waals surface area contributed by atoms with Gasteiger partial charge in [-0.25, -0.2) is 14.6 Å². The number of hydrazine groups is 1. The number of fused-ring (bicyclic) bond motifs is 2. The normalized spacial score (nSPS) is 17.5. The van der Waals surface area contributed by atoms with Crippen molar-refractivity contribution in [3.63, 3.8) is 0 Å². The third-order valence-corrected chi connectivity index (χ3v) is 9.93. The summed E-state index contributed by atoms with van der Waals surface area (Å²) >= 11 is 1.39. The number of nitrogens with two attached hydrogens (primary N) is 1. The van der Waals surface area contributed by atoms with E-state index in [4.69, 9.17) is 10.5 Å². The summed E-state index contributed by atoms with van der Waals surface area (Å²) in [5.74, 6) is -0.405. The number of nitrogen functional groups attached to an aromatic ring is 1. The van der Waals surface area contributed by atoms with E-state index in [0.717, 1.165) is 39.7 Å². The topological polar surface area (TPSA) is 153 Å². The van der Waals surface area contributed by atoms with Crippen molar-refractivity contribution in [2.24, 2.45) is 0 Å². The average Bonchev–Trinajstić information content (AvgIpc) is 3.68. The Morgan fingerprint density at radius 1 is 1.00 bits per heavy atom. The molecule has 0 aliphatic carbocycles. The molecule has 3 aromatic carbocycles. The van der Waals surface area contributed by atoms with Gasteiger partial charge in [0.1, 0.15) is 18.8 Å². The molecule has 2 aliphatic heterocycles. The van der Waals surface area contributed by atoms with Gasteiger partial charge in [0.05, 0.1) is 23.3 Å². The lowest BCUT2D eigenvalue weighted by Gasteiger charge is -2.46. The lowest BCUT2D eigenvalue weighted by Crippen LogP contribution is -2.66. The molecule has 4 aromatic rings. The molecule has 0 radical (unpaired) electrons. The summed E-state index contributed by atoms with van der Waals surface area (Å²) in [6, 6.07) is 21.3. The Morgan fingerprint density at radius 2 is 1.78 bits per heavy atom. The number of piperazine rings is 1. The Hall–Kier alpha value is -5.21. The number of carbonyl (C=O) groups is 4. The summed E-state index contributed by atoms with van der Waals surface area (Å²) in [6.45, 7) is 5.63. The van der Waals surface area contributed by atoms with Gasteiger partial charge in [-0.05, 0) is 47.7 Å². The average molecular weight is 713 g/mol. The number of nitrogens with zero attached hydrogens (tertiary/aromatic N) is 5. The molecule has 0 saturated carbocycles. The molecule has 6 rings (SSSR count). The third kappa shape index (κ3) is 8.24. The standard InChI is InChI=1S/C37H44N8O5S/c1-3-5-18-39-36(48)43(19-4-2)44-23-32(46)45-29(20-25-14-16-28(17-15-25)40-37(49)50-24-26-10-7-6-8-11-26)34(47)42(22-31(44)45)21-27-12-9-13-30-33(27)41-35(38)51-30/h6-17,29,31H,3-5,18-24H2,1-2H3,(H2,38,41)(H,39,48)(H,40,49)/t29-,31+/m0/s1. The molecule has 51 heavy (non-hydrogen) atoms. The molecule has 13 nitrogen and oxygen atoms in total. The maximum atomic E-state index is 14.4. The first kappa shape index (κ1) is 35.6. The van der Waals surface area contributed by atoms with Crippen molar-refractivity contribution in [2.45, 2.75) is 64.9 Å². The largest absolute Gasteiger partial charge is 0.444 e. The molecule has 14 heteroatoms. The molecule has 4 N–H and O–H groups in total. The van der Waals surface area contributed by atoms with Crippen LogP contribution < -0.4 is 16.4 Å². The molecule has 3 heterocycles. The van der Waals surface area contributed by atoms with E-state index < -0.39 is 18.3 Å². The van der Waals surface area contributed by atoms with Crippen molar-refractivity contribution >= 4 is 56.3 Å². The molecular weight excluding hydrogens is 669 g/mol. The highest BCUT2D eigenvalue weighted by molar-refractivity contribution is 7.22. The maximum absolute atomic E-state index is 14.4. The van der Waals surface area contributed by atoms with Crippen molar-refractivity contribution in [2.75, 3.05) is 37.2 Å². The van der Waals surface area contributed by atoms with E-state index in [9.17, 15) is 19.2 Å². The Kier molecular flexibility index (Phi) is 11.3. The van der Waals surface area contributed by atoms with E-state index in [-0.39, 0.29) is 50.5 Å². The molecule has 1 aromatic heterocycles. The van der Waals surface area contributed by atoms with Crippen LogP contribution in [0.25, 0.3) is 10.2 Å². The lowest BCUT2D eigenvalue weighted by atomic mass is 9.99. The highest BCUT2D eigenvalue weighted by atomic mass is 32.1. The first-order valence-electron chi connectivity index (χ1n) is 17.4. The molecule has 2 saturated heterocycles. The first-order valence-corrected chi connectivity index (χ1v) is 18.2. The van der Waals surface area contributed by atoms with Crippen molar-refractivity contribution in [3.05, 3.63) is 89.5 Å². The van der Waals surface area contributed by atoms with Crippen LogP contribution in [0.4, 0.5) is 20.4 Å². The van der Waals surface area contributed by atoms with Crippen LogP contribution in [0.5, 0.6) is 0 Å². The molecular formula is C37H44N8O5S. The van der Waals surface area contributed by atoms with E-state index >= 15 is 0 Å². The molecule has 0 spiro atoms. The summed E-state index contributed by atoms with van der Waals surface area (Å²) in [5.41, 5.74) is 9.87. The van der Waals surface area contributed by atoms with Crippen molar-refractivity contribution in [1.29, 1.82) is 0 Å². The van der Waals surface area contributed by atoms with E-state index in [1.165, 1.54) is 11.3 Å². The highest BCUT2D eigenvalue weighted by Crippen LogP contribution is 2.32. The Labute approximate surface area is 301 Å². The predicted molar refractivity (Wildman–Crippen MR) is 196 cm³/mol. The zero-order valence-corrected chi connectivity index (χ0v) is 29.7. The van der Waals surface area contributed by atoms with Gasteiger partial charge in [-0.2, -0.15) is 5.01 Å². The summed E-state index contributed by atoms with van der Waals surface area (Å²) in [4.78, 5) is 62.0. The second kappa shape index (κ2) is 16.2. The number of hydrogen-bond donors (Lipinski definition) is 3.